The molecule has 0 amide bonds. The minimum atomic E-state index is -4.38. The maximum absolute atomic E-state index is 12.3. The Bertz CT molecular complexity index is 895. The standard InChI is InChI=1S/C16H15F3N4OS/c1-10-12(21-7-6-14(10)24-9-16(17,18)19)8-25-15-22-11-4-2-3-5-13(11)23(15)20/h2-7H,8-9,20H2,1H3. The van der Waals surface area contributed by atoms with Crippen LogP contribution in [-0.2, 0) is 5.75 Å². The zero-order valence-electron chi connectivity index (χ0n) is 13.2. The second-order valence-corrected chi connectivity index (χ2v) is 6.27. The van der Waals surface area contributed by atoms with E-state index in [0.717, 1.165) is 11.0 Å². The number of hydrogen-bond donors (Lipinski definition) is 1. The number of nitrogens with two attached hydrogens (primary N) is 1. The zero-order chi connectivity index (χ0) is 18.0. The molecule has 0 bridgehead atoms. The molecule has 0 saturated heterocycles. The highest BCUT2D eigenvalue weighted by atomic mass is 32.2. The highest BCUT2D eigenvalue weighted by Crippen LogP contribution is 2.28. The molecular formula is C16H15F3N4OS. The van der Waals surface area contributed by atoms with Crippen molar-refractivity contribution in [2.24, 2.45) is 0 Å². The van der Waals surface area contributed by atoms with Gasteiger partial charge in [0.2, 0.25) is 0 Å². The van der Waals surface area contributed by atoms with E-state index in [1.165, 1.54) is 28.7 Å². The van der Waals surface area contributed by atoms with Crippen molar-refractivity contribution < 1.29 is 17.9 Å². The van der Waals surface area contributed by atoms with Crippen LogP contribution in [0.1, 0.15) is 11.3 Å². The number of benzene rings is 1. The number of ether oxygens (including phenoxy) is 1. The Morgan fingerprint density at radius 2 is 2.00 bits per heavy atom. The quantitative estimate of drug-likeness (QED) is 0.550. The summed E-state index contributed by atoms with van der Waals surface area (Å²) in [6.45, 7) is 0.350. The number of aromatic nitrogens is 3. The molecule has 0 unspecified atom stereocenters. The Labute approximate surface area is 146 Å². The minimum Gasteiger partial charge on any atom is -0.484 e. The number of pyridine rings is 1. The van der Waals surface area contributed by atoms with E-state index in [1.54, 1.807) is 6.92 Å². The van der Waals surface area contributed by atoms with Crippen LogP contribution >= 0.6 is 11.8 Å². The molecule has 2 aromatic heterocycles. The molecule has 3 aromatic rings. The molecule has 9 heteroatoms. The smallest absolute Gasteiger partial charge is 0.422 e. The fourth-order valence-electron chi connectivity index (χ4n) is 2.28. The SMILES string of the molecule is Cc1c(OCC(F)(F)F)ccnc1CSc1nc2ccccc2n1N. The molecule has 0 aliphatic heterocycles. The summed E-state index contributed by atoms with van der Waals surface area (Å²) in [5.74, 6) is 6.61. The number of thioether (sulfide) groups is 1. The van der Waals surface area contributed by atoms with Gasteiger partial charge in [-0.3, -0.25) is 4.98 Å². The van der Waals surface area contributed by atoms with E-state index in [0.29, 0.717) is 22.2 Å². The number of nitrogen functional groups attached to an aromatic ring is 1. The number of hydrogen-bond acceptors (Lipinski definition) is 5. The normalized spacial score (nSPS) is 11.8. The van der Waals surface area contributed by atoms with Gasteiger partial charge >= 0.3 is 6.18 Å². The molecule has 0 aliphatic carbocycles. The predicted octanol–water partition coefficient (Wildman–Crippen LogP) is 3.69. The van der Waals surface area contributed by atoms with Crippen LogP contribution in [0.2, 0.25) is 0 Å². The van der Waals surface area contributed by atoms with Crippen LogP contribution in [0.4, 0.5) is 13.2 Å². The summed E-state index contributed by atoms with van der Waals surface area (Å²) in [5.41, 5.74) is 2.77. The molecule has 25 heavy (non-hydrogen) atoms. The molecule has 2 N–H and O–H groups in total. The second kappa shape index (κ2) is 6.83. The first kappa shape index (κ1) is 17.4. The van der Waals surface area contributed by atoms with Gasteiger partial charge in [-0.15, -0.1) is 0 Å². The van der Waals surface area contributed by atoms with Gasteiger partial charge in [-0.2, -0.15) is 13.2 Å². The number of fused-ring (bicyclic) bond motifs is 1. The second-order valence-electron chi connectivity index (χ2n) is 5.33. The molecule has 132 valence electrons. The summed E-state index contributed by atoms with van der Waals surface area (Å²) in [6, 6.07) is 8.89. The first-order chi connectivity index (χ1) is 11.8. The van der Waals surface area contributed by atoms with E-state index >= 15 is 0 Å². The zero-order valence-corrected chi connectivity index (χ0v) is 14.1. The topological polar surface area (TPSA) is 66.0 Å². The van der Waals surface area contributed by atoms with Crippen molar-refractivity contribution in [3.05, 3.63) is 47.8 Å². The number of para-hydroxylation sites is 2. The van der Waals surface area contributed by atoms with Gasteiger partial charge in [-0.1, -0.05) is 23.9 Å². The number of imidazole rings is 1. The van der Waals surface area contributed by atoms with Crippen LogP contribution in [-0.4, -0.2) is 27.4 Å². The lowest BCUT2D eigenvalue weighted by atomic mass is 10.2. The first-order valence-corrected chi connectivity index (χ1v) is 8.33. The van der Waals surface area contributed by atoms with Gasteiger partial charge in [0.25, 0.3) is 0 Å². The molecule has 0 saturated carbocycles. The van der Waals surface area contributed by atoms with Crippen molar-refractivity contribution in [1.29, 1.82) is 0 Å². The molecule has 0 spiro atoms. The van der Waals surface area contributed by atoms with E-state index < -0.39 is 12.8 Å². The van der Waals surface area contributed by atoms with Gasteiger partial charge in [0, 0.05) is 17.5 Å². The fraction of sp³-hybridized carbons (Fsp3) is 0.250. The lowest BCUT2D eigenvalue weighted by molar-refractivity contribution is -0.153. The third-order valence-electron chi connectivity index (χ3n) is 3.55. The predicted molar refractivity (Wildman–Crippen MR) is 90.0 cm³/mol. The van der Waals surface area contributed by atoms with Gasteiger partial charge in [0.05, 0.1) is 16.7 Å². The van der Waals surface area contributed by atoms with Crippen LogP contribution in [0.15, 0.2) is 41.7 Å². The molecule has 0 radical (unpaired) electrons. The highest BCUT2D eigenvalue weighted by molar-refractivity contribution is 7.98. The lowest BCUT2D eigenvalue weighted by Crippen LogP contribution is -2.19. The Morgan fingerprint density at radius 3 is 2.72 bits per heavy atom. The third-order valence-corrected chi connectivity index (χ3v) is 4.52. The van der Waals surface area contributed by atoms with E-state index in [1.807, 2.05) is 24.3 Å². The molecule has 0 aliphatic rings. The Morgan fingerprint density at radius 1 is 1.24 bits per heavy atom. The summed E-state index contributed by atoms with van der Waals surface area (Å²) in [5, 5.41) is 0.601. The average molecular weight is 368 g/mol. The van der Waals surface area contributed by atoms with Crippen LogP contribution in [0.3, 0.4) is 0 Å². The molecule has 2 heterocycles. The third kappa shape index (κ3) is 3.98. The van der Waals surface area contributed by atoms with E-state index in [2.05, 4.69) is 9.97 Å². The molecule has 1 aromatic carbocycles. The molecule has 5 nitrogen and oxygen atoms in total. The van der Waals surface area contributed by atoms with Gasteiger partial charge in [0.1, 0.15) is 5.75 Å². The Balaban J connectivity index is 1.75. The van der Waals surface area contributed by atoms with Crippen molar-refractivity contribution in [1.82, 2.24) is 14.6 Å². The Hall–Kier alpha value is -2.42. The average Bonchev–Trinajstić information content (AvgIpc) is 2.89. The van der Waals surface area contributed by atoms with Crippen LogP contribution in [0.25, 0.3) is 11.0 Å². The molecule has 0 atom stereocenters. The van der Waals surface area contributed by atoms with Gasteiger partial charge < -0.3 is 10.6 Å². The van der Waals surface area contributed by atoms with Crippen molar-refractivity contribution >= 4 is 22.8 Å². The number of halogens is 3. The van der Waals surface area contributed by atoms with Crippen LogP contribution in [0, 0.1) is 6.92 Å². The summed E-state index contributed by atoms with van der Waals surface area (Å²) < 4.78 is 43.3. The Kier molecular flexibility index (Phi) is 4.76. The lowest BCUT2D eigenvalue weighted by Gasteiger charge is -2.13. The number of rotatable bonds is 5. The largest absolute Gasteiger partial charge is 0.484 e. The number of alkyl halides is 3. The minimum absolute atomic E-state index is 0.171. The summed E-state index contributed by atoms with van der Waals surface area (Å²) in [6.07, 6.45) is -2.95. The molecule has 3 rings (SSSR count). The van der Waals surface area contributed by atoms with Crippen LogP contribution < -0.4 is 10.6 Å². The maximum atomic E-state index is 12.3. The van der Waals surface area contributed by atoms with Crippen molar-refractivity contribution in [3.63, 3.8) is 0 Å². The molecular weight excluding hydrogens is 353 g/mol. The summed E-state index contributed by atoms with van der Waals surface area (Å²) in [4.78, 5) is 8.66. The monoisotopic (exact) mass is 368 g/mol. The maximum Gasteiger partial charge on any atom is 0.422 e. The summed E-state index contributed by atoms with van der Waals surface area (Å²) >= 11 is 1.36. The molecule has 0 fully saturated rings. The first-order valence-electron chi connectivity index (χ1n) is 7.34. The van der Waals surface area contributed by atoms with Crippen molar-refractivity contribution in [2.45, 2.75) is 24.0 Å². The number of nitrogens with zero attached hydrogens (tertiary/aromatic N) is 3. The van der Waals surface area contributed by atoms with Gasteiger partial charge in [0.15, 0.2) is 11.8 Å². The van der Waals surface area contributed by atoms with E-state index in [9.17, 15) is 13.2 Å². The van der Waals surface area contributed by atoms with Gasteiger partial charge in [-0.25, -0.2) is 9.66 Å². The van der Waals surface area contributed by atoms with Gasteiger partial charge in [-0.05, 0) is 25.1 Å². The fourth-order valence-corrected chi connectivity index (χ4v) is 3.23. The van der Waals surface area contributed by atoms with Crippen molar-refractivity contribution in [2.75, 3.05) is 12.4 Å². The summed E-state index contributed by atoms with van der Waals surface area (Å²) in [7, 11) is 0. The van der Waals surface area contributed by atoms with E-state index in [4.69, 9.17) is 10.6 Å². The van der Waals surface area contributed by atoms with E-state index in [-0.39, 0.29) is 5.75 Å². The van der Waals surface area contributed by atoms with Crippen molar-refractivity contribution in [3.8, 4) is 5.75 Å². The highest BCUT2D eigenvalue weighted by Gasteiger charge is 2.28. The van der Waals surface area contributed by atoms with Crippen LogP contribution in [0.5, 0.6) is 5.75 Å².